The number of carbonyl (C=O) groups excluding carboxylic acids is 2. The summed E-state index contributed by atoms with van der Waals surface area (Å²) in [5.41, 5.74) is 3.44. The van der Waals surface area contributed by atoms with Gasteiger partial charge in [-0.1, -0.05) is 29.8 Å². The second-order valence-electron chi connectivity index (χ2n) is 8.13. The van der Waals surface area contributed by atoms with E-state index in [0.29, 0.717) is 29.3 Å². The number of nitrogens with one attached hydrogen (secondary N) is 2. The molecule has 2 aliphatic rings. The maximum atomic E-state index is 12.9. The molecule has 0 bridgehead atoms. The molecule has 1 saturated heterocycles. The topological polar surface area (TPSA) is 83.8 Å². The highest BCUT2D eigenvalue weighted by Gasteiger charge is 2.37. The second kappa shape index (κ2) is 8.98. The third-order valence-electron chi connectivity index (χ3n) is 5.88. The van der Waals surface area contributed by atoms with Gasteiger partial charge in [0.25, 0.3) is 0 Å². The van der Waals surface area contributed by atoms with Crippen LogP contribution in [0.1, 0.15) is 54.5 Å². The van der Waals surface area contributed by atoms with E-state index in [-0.39, 0.29) is 18.7 Å². The summed E-state index contributed by atoms with van der Waals surface area (Å²) in [4.78, 5) is 27.7. The zero-order valence-corrected chi connectivity index (χ0v) is 18.2. The number of likely N-dealkylation sites (tertiary alicyclic amines) is 1. The Morgan fingerprint density at radius 2 is 1.97 bits per heavy atom. The number of aryl methyl sites for hydroxylation is 2. The van der Waals surface area contributed by atoms with E-state index in [1.165, 1.54) is 11.1 Å². The van der Waals surface area contributed by atoms with Crippen molar-refractivity contribution in [1.82, 2.24) is 15.5 Å². The number of rotatable bonds is 6. The van der Waals surface area contributed by atoms with Gasteiger partial charge in [0.05, 0.1) is 12.2 Å². The van der Waals surface area contributed by atoms with Crippen molar-refractivity contribution in [2.45, 2.75) is 45.7 Å². The van der Waals surface area contributed by atoms with Gasteiger partial charge in [-0.25, -0.2) is 9.59 Å². The molecule has 2 N–H and O–H groups in total. The molecular weight excluding hydrogens is 394 g/mol. The fourth-order valence-electron chi connectivity index (χ4n) is 4.40. The predicted octanol–water partition coefficient (Wildman–Crippen LogP) is 3.90. The van der Waals surface area contributed by atoms with Crippen molar-refractivity contribution in [2.75, 3.05) is 19.7 Å². The normalized spacial score (nSPS) is 21.7. The molecule has 2 amide bonds. The number of amides is 2. The van der Waals surface area contributed by atoms with Crippen molar-refractivity contribution in [3.05, 3.63) is 70.3 Å². The lowest BCUT2D eigenvalue weighted by molar-refractivity contribution is -0.139. The number of carbonyl (C=O) groups is 2. The molecule has 2 atom stereocenters. The summed E-state index contributed by atoms with van der Waals surface area (Å²) in [6, 6.07) is 11.4. The van der Waals surface area contributed by atoms with Gasteiger partial charge in [-0.05, 0) is 57.9 Å². The molecule has 0 aliphatic carbocycles. The lowest BCUT2D eigenvalue weighted by Gasteiger charge is -2.32. The number of urea groups is 1. The largest absolute Gasteiger partial charge is 0.464 e. The van der Waals surface area contributed by atoms with Crippen LogP contribution < -0.4 is 10.6 Å². The number of esters is 1. The smallest absolute Gasteiger partial charge is 0.338 e. The molecule has 0 radical (unpaired) electrons. The molecule has 3 heterocycles. The van der Waals surface area contributed by atoms with E-state index in [1.807, 2.05) is 13.0 Å². The van der Waals surface area contributed by atoms with Crippen LogP contribution in [0, 0.1) is 13.8 Å². The fourth-order valence-corrected chi connectivity index (χ4v) is 4.40. The highest BCUT2D eigenvalue weighted by Crippen LogP contribution is 2.35. The molecule has 0 spiro atoms. The van der Waals surface area contributed by atoms with E-state index in [9.17, 15) is 9.59 Å². The van der Waals surface area contributed by atoms with Crippen LogP contribution in [0.15, 0.2) is 52.1 Å². The Balaban J connectivity index is 1.68. The molecule has 2 aliphatic heterocycles. The van der Waals surface area contributed by atoms with E-state index in [2.05, 4.69) is 46.7 Å². The van der Waals surface area contributed by atoms with Crippen LogP contribution in [0.3, 0.4) is 0 Å². The van der Waals surface area contributed by atoms with Crippen LogP contribution in [-0.4, -0.2) is 36.6 Å². The van der Waals surface area contributed by atoms with Gasteiger partial charge in [-0.2, -0.15) is 0 Å². The number of furan rings is 1. The first-order valence-corrected chi connectivity index (χ1v) is 10.8. The Bertz CT molecular complexity index is 993. The lowest BCUT2D eigenvalue weighted by atomic mass is 9.99. The van der Waals surface area contributed by atoms with Gasteiger partial charge in [0.2, 0.25) is 0 Å². The minimum atomic E-state index is -0.683. The Morgan fingerprint density at radius 3 is 2.65 bits per heavy atom. The quantitative estimate of drug-likeness (QED) is 0.689. The van der Waals surface area contributed by atoms with Crippen LogP contribution in [0.4, 0.5) is 4.79 Å². The number of hydrogen-bond acceptors (Lipinski definition) is 5. The first-order valence-electron chi connectivity index (χ1n) is 10.8. The highest BCUT2D eigenvalue weighted by atomic mass is 16.5. The van der Waals surface area contributed by atoms with Gasteiger partial charge in [-0.15, -0.1) is 0 Å². The maximum Gasteiger partial charge on any atom is 0.338 e. The molecule has 31 heavy (non-hydrogen) atoms. The first-order chi connectivity index (χ1) is 15.0. The summed E-state index contributed by atoms with van der Waals surface area (Å²) in [6.45, 7) is 7.28. The van der Waals surface area contributed by atoms with Gasteiger partial charge in [0.1, 0.15) is 17.6 Å². The van der Waals surface area contributed by atoms with Crippen LogP contribution in [0.25, 0.3) is 0 Å². The summed E-state index contributed by atoms with van der Waals surface area (Å²) >= 11 is 0. The number of nitrogens with zero attached hydrogens (tertiary/aromatic N) is 1. The maximum absolute atomic E-state index is 12.9. The third kappa shape index (κ3) is 4.51. The SMILES string of the molecule is CCOC(=O)C1=C(CN2CCC[C@@H]2c2ccc(C)cc2)NC(=O)N[C@H]1c1ccc(C)o1. The minimum Gasteiger partial charge on any atom is -0.464 e. The average Bonchev–Trinajstić information content (AvgIpc) is 3.37. The molecule has 2 aromatic rings. The lowest BCUT2D eigenvalue weighted by Crippen LogP contribution is -2.48. The van der Waals surface area contributed by atoms with E-state index in [0.717, 1.165) is 19.4 Å². The number of ether oxygens (including phenoxy) is 1. The Morgan fingerprint density at radius 1 is 1.19 bits per heavy atom. The Hall–Kier alpha value is -3.06. The van der Waals surface area contributed by atoms with E-state index in [1.54, 1.807) is 13.0 Å². The zero-order chi connectivity index (χ0) is 22.0. The molecule has 0 saturated carbocycles. The van der Waals surface area contributed by atoms with Gasteiger partial charge in [0, 0.05) is 18.3 Å². The fraction of sp³-hybridized carbons (Fsp3) is 0.417. The highest BCUT2D eigenvalue weighted by molar-refractivity contribution is 5.95. The van der Waals surface area contributed by atoms with Crippen LogP contribution in [0.2, 0.25) is 0 Å². The van der Waals surface area contributed by atoms with E-state index < -0.39 is 12.0 Å². The molecule has 1 fully saturated rings. The van der Waals surface area contributed by atoms with Gasteiger partial charge in [0.15, 0.2) is 0 Å². The molecule has 1 aromatic heterocycles. The van der Waals surface area contributed by atoms with Gasteiger partial charge < -0.3 is 19.8 Å². The first kappa shape index (κ1) is 21.2. The van der Waals surface area contributed by atoms with Crippen molar-refractivity contribution in [3.8, 4) is 0 Å². The summed E-state index contributed by atoms with van der Waals surface area (Å²) < 4.78 is 11.1. The van der Waals surface area contributed by atoms with E-state index >= 15 is 0 Å². The van der Waals surface area contributed by atoms with Crippen LogP contribution in [0.5, 0.6) is 0 Å². The van der Waals surface area contributed by atoms with Crippen molar-refractivity contribution < 1.29 is 18.7 Å². The molecular formula is C24H29N3O4. The summed E-state index contributed by atoms with van der Waals surface area (Å²) in [7, 11) is 0. The predicted molar refractivity (Wildman–Crippen MR) is 116 cm³/mol. The van der Waals surface area contributed by atoms with Gasteiger partial charge in [-0.3, -0.25) is 4.90 Å². The third-order valence-corrected chi connectivity index (χ3v) is 5.88. The van der Waals surface area contributed by atoms with Crippen molar-refractivity contribution in [2.24, 2.45) is 0 Å². The van der Waals surface area contributed by atoms with Crippen molar-refractivity contribution >= 4 is 12.0 Å². The molecule has 0 unspecified atom stereocenters. The minimum absolute atomic E-state index is 0.243. The molecule has 1 aromatic carbocycles. The summed E-state index contributed by atoms with van der Waals surface area (Å²) in [5, 5.41) is 5.68. The summed E-state index contributed by atoms with van der Waals surface area (Å²) in [6.07, 6.45) is 2.10. The Kier molecular flexibility index (Phi) is 6.13. The molecule has 4 rings (SSSR count). The molecule has 7 heteroatoms. The second-order valence-corrected chi connectivity index (χ2v) is 8.13. The standard InChI is InChI=1S/C24H29N3O4/c1-4-30-23(28)21-18(25-24(29)26-22(21)20-12-9-16(3)31-20)14-27-13-5-6-19(27)17-10-7-15(2)8-11-17/h7-12,19,22H,4-6,13-14H2,1-3H3,(H2,25,26,29)/t19-,22+/m1/s1. The van der Waals surface area contributed by atoms with Crippen LogP contribution in [-0.2, 0) is 9.53 Å². The molecule has 7 nitrogen and oxygen atoms in total. The van der Waals surface area contributed by atoms with Gasteiger partial charge >= 0.3 is 12.0 Å². The summed E-state index contributed by atoms with van der Waals surface area (Å²) in [5.74, 6) is 0.783. The number of benzene rings is 1. The zero-order valence-electron chi connectivity index (χ0n) is 18.2. The monoisotopic (exact) mass is 423 g/mol. The average molecular weight is 424 g/mol. The number of hydrogen-bond donors (Lipinski definition) is 2. The van der Waals surface area contributed by atoms with E-state index in [4.69, 9.17) is 9.15 Å². The van der Waals surface area contributed by atoms with Crippen molar-refractivity contribution in [3.63, 3.8) is 0 Å². The molecule has 164 valence electrons. The van der Waals surface area contributed by atoms with Crippen LogP contribution >= 0.6 is 0 Å². The van der Waals surface area contributed by atoms with Crippen molar-refractivity contribution in [1.29, 1.82) is 0 Å². The Labute approximate surface area is 182 Å².